The molecule has 17 heavy (non-hydrogen) atoms. The van der Waals surface area contributed by atoms with Crippen molar-refractivity contribution in [1.82, 2.24) is 5.32 Å². The molecule has 0 saturated carbocycles. The summed E-state index contributed by atoms with van der Waals surface area (Å²) in [6.45, 7) is 1.93. The Morgan fingerprint density at radius 1 is 1.41 bits per heavy atom. The lowest BCUT2D eigenvalue weighted by molar-refractivity contribution is 0.355. The first kappa shape index (κ1) is 12.7. The summed E-state index contributed by atoms with van der Waals surface area (Å²) in [5.74, 6) is 0.194. The average molecular weight is 269 g/mol. The van der Waals surface area contributed by atoms with Gasteiger partial charge in [0.1, 0.15) is 0 Å². The Morgan fingerprint density at radius 3 is 2.82 bits per heavy atom. The predicted octanol–water partition coefficient (Wildman–Crippen LogP) is 3.60. The molecule has 0 amide bonds. The van der Waals surface area contributed by atoms with Gasteiger partial charge >= 0.3 is 0 Å². The quantitative estimate of drug-likeness (QED) is 0.890. The minimum absolute atomic E-state index is 0.146. The fraction of sp³-hybridized carbons (Fsp3) is 0.462. The molecule has 2 rings (SSSR count). The van der Waals surface area contributed by atoms with Crippen LogP contribution < -0.4 is 5.32 Å². The van der Waals surface area contributed by atoms with Gasteiger partial charge in [0.15, 0.2) is 0 Å². The number of piperidine rings is 1. The lowest BCUT2D eigenvalue weighted by Crippen LogP contribution is -2.33. The molecule has 1 aliphatic heterocycles. The van der Waals surface area contributed by atoms with Crippen LogP contribution >= 0.6 is 23.2 Å². The van der Waals surface area contributed by atoms with Gasteiger partial charge in [-0.05, 0) is 49.5 Å². The van der Waals surface area contributed by atoms with Crippen molar-refractivity contribution < 1.29 is 0 Å². The molecule has 0 radical (unpaired) electrons. The van der Waals surface area contributed by atoms with Crippen LogP contribution in [-0.4, -0.2) is 13.1 Å². The van der Waals surface area contributed by atoms with Crippen LogP contribution in [0.4, 0.5) is 0 Å². The summed E-state index contributed by atoms with van der Waals surface area (Å²) in [6.07, 6.45) is 2.19. The Bertz CT molecular complexity index is 434. The molecule has 1 aromatic carbocycles. The maximum absolute atomic E-state index is 9.36. The monoisotopic (exact) mass is 268 g/mol. The summed E-state index contributed by atoms with van der Waals surface area (Å²) in [7, 11) is 0. The van der Waals surface area contributed by atoms with Crippen LogP contribution in [0, 0.1) is 17.2 Å². The van der Waals surface area contributed by atoms with Crippen molar-refractivity contribution in [2.45, 2.75) is 18.8 Å². The second kappa shape index (κ2) is 5.73. The molecule has 0 bridgehead atoms. The van der Waals surface area contributed by atoms with E-state index in [1.54, 1.807) is 12.1 Å². The van der Waals surface area contributed by atoms with Crippen molar-refractivity contribution in [3.8, 4) is 6.07 Å². The molecule has 0 aliphatic carbocycles. The molecular formula is C13H14Cl2N2. The summed E-state index contributed by atoms with van der Waals surface area (Å²) in [5.41, 5.74) is 0.896. The van der Waals surface area contributed by atoms with Gasteiger partial charge in [-0.2, -0.15) is 5.26 Å². The van der Waals surface area contributed by atoms with Crippen molar-refractivity contribution in [2.75, 3.05) is 13.1 Å². The molecule has 1 heterocycles. The lowest BCUT2D eigenvalue weighted by Gasteiger charge is -2.27. The zero-order valence-electron chi connectivity index (χ0n) is 9.42. The third kappa shape index (κ3) is 2.93. The van der Waals surface area contributed by atoms with Crippen molar-refractivity contribution in [3.63, 3.8) is 0 Å². The van der Waals surface area contributed by atoms with E-state index in [-0.39, 0.29) is 5.92 Å². The number of benzene rings is 1. The summed E-state index contributed by atoms with van der Waals surface area (Å²) < 4.78 is 0. The Morgan fingerprint density at radius 2 is 2.24 bits per heavy atom. The number of nitrogens with one attached hydrogen (secondary N) is 1. The summed E-state index contributed by atoms with van der Waals surface area (Å²) in [5, 5.41) is 13.9. The maximum atomic E-state index is 9.36. The van der Waals surface area contributed by atoms with Gasteiger partial charge in [0, 0.05) is 10.0 Å². The predicted molar refractivity (Wildman–Crippen MR) is 70.4 cm³/mol. The Kier molecular flexibility index (Phi) is 4.28. The third-order valence-electron chi connectivity index (χ3n) is 3.24. The Hall–Kier alpha value is -0.750. The fourth-order valence-corrected chi connectivity index (χ4v) is 2.87. The van der Waals surface area contributed by atoms with Gasteiger partial charge in [-0.15, -0.1) is 0 Å². The first-order valence-electron chi connectivity index (χ1n) is 5.77. The summed E-state index contributed by atoms with van der Waals surface area (Å²) in [4.78, 5) is 0. The van der Waals surface area contributed by atoms with E-state index in [1.807, 2.05) is 6.07 Å². The second-order valence-corrected chi connectivity index (χ2v) is 5.22. The minimum atomic E-state index is -0.146. The molecular weight excluding hydrogens is 255 g/mol. The van der Waals surface area contributed by atoms with E-state index in [0.717, 1.165) is 31.5 Å². The van der Waals surface area contributed by atoms with E-state index in [0.29, 0.717) is 16.0 Å². The van der Waals surface area contributed by atoms with E-state index in [4.69, 9.17) is 23.2 Å². The van der Waals surface area contributed by atoms with Gasteiger partial charge < -0.3 is 5.32 Å². The first-order valence-corrected chi connectivity index (χ1v) is 6.53. The number of rotatable bonds is 2. The molecule has 1 aromatic rings. The highest BCUT2D eigenvalue weighted by atomic mass is 35.5. The SMILES string of the molecule is N#CC(c1ccc(Cl)cc1Cl)C1CCCNC1. The Labute approximate surface area is 112 Å². The van der Waals surface area contributed by atoms with Gasteiger partial charge in [-0.3, -0.25) is 0 Å². The number of nitriles is 1. The Balaban J connectivity index is 2.25. The minimum Gasteiger partial charge on any atom is -0.316 e. The van der Waals surface area contributed by atoms with Crippen LogP contribution in [0.3, 0.4) is 0 Å². The van der Waals surface area contributed by atoms with Gasteiger partial charge in [0.25, 0.3) is 0 Å². The number of halogens is 2. The van der Waals surface area contributed by atoms with E-state index in [2.05, 4.69) is 11.4 Å². The highest BCUT2D eigenvalue weighted by Gasteiger charge is 2.26. The second-order valence-electron chi connectivity index (χ2n) is 4.38. The summed E-state index contributed by atoms with van der Waals surface area (Å²) >= 11 is 12.0. The zero-order valence-corrected chi connectivity index (χ0v) is 10.9. The highest BCUT2D eigenvalue weighted by molar-refractivity contribution is 6.35. The van der Waals surface area contributed by atoms with Crippen LogP contribution in [-0.2, 0) is 0 Å². The van der Waals surface area contributed by atoms with Crippen molar-refractivity contribution in [3.05, 3.63) is 33.8 Å². The van der Waals surface area contributed by atoms with Crippen LogP contribution in [0.15, 0.2) is 18.2 Å². The molecule has 1 aliphatic rings. The van der Waals surface area contributed by atoms with Crippen LogP contribution in [0.1, 0.15) is 24.3 Å². The third-order valence-corrected chi connectivity index (χ3v) is 3.81. The van der Waals surface area contributed by atoms with E-state index in [9.17, 15) is 5.26 Å². The molecule has 2 nitrogen and oxygen atoms in total. The van der Waals surface area contributed by atoms with Crippen molar-refractivity contribution in [2.24, 2.45) is 5.92 Å². The van der Waals surface area contributed by atoms with Gasteiger partial charge in [-0.25, -0.2) is 0 Å². The molecule has 2 unspecified atom stereocenters. The summed E-state index contributed by atoms with van der Waals surface area (Å²) in [6, 6.07) is 7.75. The standard InChI is InChI=1S/C13H14Cl2N2/c14-10-3-4-11(13(15)6-10)12(7-16)9-2-1-5-17-8-9/h3-4,6,9,12,17H,1-2,5,8H2. The molecule has 1 saturated heterocycles. The van der Waals surface area contributed by atoms with Crippen molar-refractivity contribution >= 4 is 23.2 Å². The van der Waals surface area contributed by atoms with E-state index >= 15 is 0 Å². The average Bonchev–Trinajstić information content (AvgIpc) is 2.34. The molecule has 0 aromatic heterocycles. The zero-order chi connectivity index (χ0) is 12.3. The van der Waals surface area contributed by atoms with Gasteiger partial charge in [0.2, 0.25) is 0 Å². The fourth-order valence-electron chi connectivity index (χ4n) is 2.35. The molecule has 90 valence electrons. The molecule has 1 fully saturated rings. The normalized spacial score (nSPS) is 21.8. The molecule has 0 spiro atoms. The topological polar surface area (TPSA) is 35.8 Å². The smallest absolute Gasteiger partial charge is 0.0767 e. The highest BCUT2D eigenvalue weighted by Crippen LogP contribution is 2.34. The van der Waals surface area contributed by atoms with Crippen molar-refractivity contribution in [1.29, 1.82) is 5.26 Å². The number of hydrogen-bond donors (Lipinski definition) is 1. The van der Waals surface area contributed by atoms with E-state index in [1.165, 1.54) is 0 Å². The molecule has 2 atom stereocenters. The lowest BCUT2D eigenvalue weighted by atomic mass is 9.82. The molecule has 4 heteroatoms. The van der Waals surface area contributed by atoms with Crippen LogP contribution in [0.25, 0.3) is 0 Å². The first-order chi connectivity index (χ1) is 8.22. The maximum Gasteiger partial charge on any atom is 0.0767 e. The van der Waals surface area contributed by atoms with Gasteiger partial charge in [0.05, 0.1) is 12.0 Å². The van der Waals surface area contributed by atoms with E-state index < -0.39 is 0 Å². The van der Waals surface area contributed by atoms with Crippen LogP contribution in [0.5, 0.6) is 0 Å². The van der Waals surface area contributed by atoms with Crippen LogP contribution in [0.2, 0.25) is 10.0 Å². The number of nitrogens with zero attached hydrogens (tertiary/aromatic N) is 1. The number of hydrogen-bond acceptors (Lipinski definition) is 2. The van der Waals surface area contributed by atoms with Gasteiger partial charge in [-0.1, -0.05) is 29.3 Å². The molecule has 1 N–H and O–H groups in total. The largest absolute Gasteiger partial charge is 0.316 e.